The molecule has 29 heavy (non-hydrogen) atoms. The van der Waals surface area contributed by atoms with Gasteiger partial charge in [-0.1, -0.05) is 24.3 Å². The van der Waals surface area contributed by atoms with Crippen LogP contribution in [0.1, 0.15) is 41.2 Å². The molecule has 0 unspecified atom stereocenters. The molecule has 2 atom stereocenters. The third-order valence-corrected chi connectivity index (χ3v) is 7.74. The largest absolute Gasteiger partial charge is 0.377 e. The van der Waals surface area contributed by atoms with E-state index in [1.807, 2.05) is 18.2 Å². The highest BCUT2D eigenvalue weighted by Gasteiger charge is 2.24. The Hall–Kier alpha value is -1.87. The van der Waals surface area contributed by atoms with Gasteiger partial charge in [-0.15, -0.1) is 11.8 Å². The molecule has 0 aliphatic carbocycles. The van der Waals surface area contributed by atoms with Gasteiger partial charge in [0, 0.05) is 29.4 Å². The van der Waals surface area contributed by atoms with Crippen molar-refractivity contribution < 1.29 is 17.9 Å². The summed E-state index contributed by atoms with van der Waals surface area (Å²) < 4.78 is 33.3. The van der Waals surface area contributed by atoms with E-state index in [1.54, 1.807) is 23.9 Å². The van der Waals surface area contributed by atoms with E-state index in [4.69, 9.17) is 4.74 Å². The van der Waals surface area contributed by atoms with Crippen LogP contribution in [-0.4, -0.2) is 39.3 Å². The average Bonchev–Trinajstić information content (AvgIpc) is 3.26. The van der Waals surface area contributed by atoms with Crippen LogP contribution in [0.25, 0.3) is 0 Å². The normalized spacial score (nSPS) is 21.5. The van der Waals surface area contributed by atoms with Crippen molar-refractivity contribution in [3.63, 3.8) is 0 Å². The monoisotopic (exact) mass is 432 g/mol. The highest BCUT2D eigenvalue weighted by molar-refractivity contribution is 7.99. The summed E-state index contributed by atoms with van der Waals surface area (Å²) in [5, 5.41) is 3.06. The number of ether oxygens (including phenoxy) is 1. The van der Waals surface area contributed by atoms with Gasteiger partial charge in [0.25, 0.3) is 5.91 Å². The fraction of sp³-hybridized carbons (Fsp3) is 0.381. The number of benzene rings is 2. The first-order chi connectivity index (χ1) is 14.0. The lowest BCUT2D eigenvalue weighted by atomic mass is 10.0. The van der Waals surface area contributed by atoms with Gasteiger partial charge in [0.1, 0.15) is 0 Å². The molecule has 2 aromatic rings. The molecule has 0 radical (unpaired) electrons. The number of sulfonamides is 1. The van der Waals surface area contributed by atoms with Gasteiger partial charge < -0.3 is 10.1 Å². The number of fused-ring (bicyclic) bond motifs is 1. The molecule has 2 aromatic carbocycles. The van der Waals surface area contributed by atoms with Crippen LogP contribution in [-0.2, 0) is 14.8 Å². The van der Waals surface area contributed by atoms with E-state index in [0.29, 0.717) is 12.2 Å². The summed E-state index contributed by atoms with van der Waals surface area (Å²) in [6.07, 6.45) is 2.56. The number of nitrogens with one attached hydrogen (secondary N) is 2. The first kappa shape index (κ1) is 20.4. The van der Waals surface area contributed by atoms with Gasteiger partial charge in [-0.25, -0.2) is 13.1 Å². The third kappa shape index (κ3) is 4.83. The molecule has 2 aliphatic rings. The molecule has 2 N–H and O–H groups in total. The molecule has 0 saturated carbocycles. The molecule has 8 heteroatoms. The summed E-state index contributed by atoms with van der Waals surface area (Å²) in [5.74, 6) is 0.664. The highest BCUT2D eigenvalue weighted by Crippen LogP contribution is 2.35. The van der Waals surface area contributed by atoms with Gasteiger partial charge in [-0.3, -0.25) is 4.79 Å². The lowest BCUT2D eigenvalue weighted by molar-refractivity contribution is 0.0934. The quantitative estimate of drug-likeness (QED) is 0.733. The smallest absolute Gasteiger partial charge is 0.251 e. The molecular weight excluding hydrogens is 408 g/mol. The van der Waals surface area contributed by atoms with E-state index in [-0.39, 0.29) is 29.5 Å². The second kappa shape index (κ2) is 8.87. The Balaban J connectivity index is 1.46. The van der Waals surface area contributed by atoms with Crippen LogP contribution in [0.15, 0.2) is 58.3 Å². The van der Waals surface area contributed by atoms with Crippen molar-refractivity contribution >= 4 is 27.7 Å². The van der Waals surface area contributed by atoms with Crippen molar-refractivity contribution in [2.45, 2.75) is 41.2 Å². The highest BCUT2D eigenvalue weighted by atomic mass is 32.2. The van der Waals surface area contributed by atoms with Crippen molar-refractivity contribution in [2.75, 3.05) is 18.9 Å². The summed E-state index contributed by atoms with van der Waals surface area (Å²) in [4.78, 5) is 14.1. The van der Waals surface area contributed by atoms with Crippen LogP contribution < -0.4 is 10.0 Å². The molecule has 154 valence electrons. The minimum absolute atomic E-state index is 0.0714. The van der Waals surface area contributed by atoms with Crippen LogP contribution in [0.5, 0.6) is 0 Å². The molecular formula is C21H24N2O4S2. The van der Waals surface area contributed by atoms with Gasteiger partial charge in [0.2, 0.25) is 10.0 Å². The maximum Gasteiger partial charge on any atom is 0.251 e. The summed E-state index contributed by atoms with van der Waals surface area (Å²) >= 11 is 1.79. The zero-order chi connectivity index (χ0) is 20.3. The van der Waals surface area contributed by atoms with Gasteiger partial charge in [0.05, 0.1) is 17.0 Å². The minimum atomic E-state index is -3.70. The molecule has 1 saturated heterocycles. The third-order valence-electron chi connectivity index (χ3n) is 5.20. The molecule has 2 aliphatic heterocycles. The molecule has 1 fully saturated rings. The standard InChI is InChI=1S/C21H24N2O4S2/c24-21(23-19-10-12-28-20-9-2-1-8-18(19)20)15-5-3-7-17(13-15)29(25,26)22-14-16-6-4-11-27-16/h1-3,5,7-9,13,16,19,22H,4,6,10-12,14H2,(H,23,24)/t16-,19+/m0/s1. The Bertz CT molecular complexity index is 988. The fourth-order valence-electron chi connectivity index (χ4n) is 3.63. The number of hydrogen-bond acceptors (Lipinski definition) is 5. The number of hydrogen-bond donors (Lipinski definition) is 2. The van der Waals surface area contributed by atoms with E-state index in [1.165, 1.54) is 17.0 Å². The van der Waals surface area contributed by atoms with Crippen LogP contribution >= 0.6 is 11.8 Å². The number of rotatable bonds is 6. The Labute approximate surface area is 175 Å². The Morgan fingerprint density at radius 1 is 1.14 bits per heavy atom. The van der Waals surface area contributed by atoms with Gasteiger partial charge in [-0.05, 0) is 49.1 Å². The van der Waals surface area contributed by atoms with Gasteiger partial charge in [0.15, 0.2) is 0 Å². The SMILES string of the molecule is O=C(N[C@@H]1CCSc2ccccc21)c1cccc(S(=O)(=O)NC[C@@H]2CCCO2)c1. The molecule has 2 heterocycles. The van der Waals surface area contributed by atoms with Crippen LogP contribution in [0.2, 0.25) is 0 Å². The van der Waals surface area contributed by atoms with Crippen molar-refractivity contribution in [1.82, 2.24) is 10.0 Å². The van der Waals surface area contributed by atoms with Crippen LogP contribution in [0.3, 0.4) is 0 Å². The molecule has 6 nitrogen and oxygen atoms in total. The fourth-order valence-corrected chi connectivity index (χ4v) is 5.87. The Kier molecular flexibility index (Phi) is 6.24. The Morgan fingerprint density at radius 2 is 2.00 bits per heavy atom. The zero-order valence-corrected chi connectivity index (χ0v) is 17.6. The second-order valence-corrected chi connectivity index (χ2v) is 10.1. The Morgan fingerprint density at radius 3 is 2.83 bits per heavy atom. The topological polar surface area (TPSA) is 84.5 Å². The maximum absolute atomic E-state index is 12.8. The number of carbonyl (C=O) groups is 1. The average molecular weight is 433 g/mol. The van der Waals surface area contributed by atoms with Crippen LogP contribution in [0, 0.1) is 0 Å². The van der Waals surface area contributed by atoms with Crippen molar-refractivity contribution in [3.8, 4) is 0 Å². The maximum atomic E-state index is 12.8. The molecule has 0 aromatic heterocycles. The van der Waals surface area contributed by atoms with E-state index in [0.717, 1.165) is 30.6 Å². The predicted octanol–water partition coefficient (Wildman–Crippen LogP) is 3.11. The number of amides is 1. The first-order valence-electron chi connectivity index (χ1n) is 9.77. The van der Waals surface area contributed by atoms with Crippen molar-refractivity contribution in [2.24, 2.45) is 0 Å². The molecule has 0 spiro atoms. The number of carbonyl (C=O) groups excluding carboxylic acids is 1. The lowest BCUT2D eigenvalue weighted by Crippen LogP contribution is -2.32. The van der Waals surface area contributed by atoms with E-state index in [9.17, 15) is 13.2 Å². The van der Waals surface area contributed by atoms with E-state index < -0.39 is 10.0 Å². The van der Waals surface area contributed by atoms with Crippen molar-refractivity contribution in [1.29, 1.82) is 0 Å². The van der Waals surface area contributed by atoms with E-state index >= 15 is 0 Å². The van der Waals surface area contributed by atoms with Gasteiger partial charge in [-0.2, -0.15) is 0 Å². The van der Waals surface area contributed by atoms with Gasteiger partial charge >= 0.3 is 0 Å². The molecule has 1 amide bonds. The van der Waals surface area contributed by atoms with Crippen LogP contribution in [0.4, 0.5) is 0 Å². The molecule has 4 rings (SSSR count). The predicted molar refractivity (Wildman–Crippen MR) is 113 cm³/mol. The molecule has 0 bridgehead atoms. The van der Waals surface area contributed by atoms with E-state index in [2.05, 4.69) is 16.1 Å². The summed E-state index contributed by atoms with van der Waals surface area (Å²) in [7, 11) is -3.70. The first-order valence-corrected chi connectivity index (χ1v) is 12.2. The summed E-state index contributed by atoms with van der Waals surface area (Å²) in [6, 6.07) is 14.1. The zero-order valence-electron chi connectivity index (χ0n) is 16.0. The lowest BCUT2D eigenvalue weighted by Gasteiger charge is -2.26. The second-order valence-electron chi connectivity index (χ2n) is 7.22. The minimum Gasteiger partial charge on any atom is -0.377 e. The summed E-state index contributed by atoms with van der Waals surface area (Å²) in [5.41, 5.74) is 1.44. The summed E-state index contributed by atoms with van der Waals surface area (Å²) in [6.45, 7) is 0.917. The van der Waals surface area contributed by atoms with Crippen molar-refractivity contribution in [3.05, 3.63) is 59.7 Å². The number of thioether (sulfide) groups is 1.